The Morgan fingerprint density at radius 3 is 2.48 bits per heavy atom. The number of rotatable bonds is 6. The SMILES string of the molecule is COc1ccc([C@@H]2C(C(=O)c3ccco3)=C(O)C(=O)N2c2nc3ccc(OC)cc3s2)cc1. The summed E-state index contributed by atoms with van der Waals surface area (Å²) in [6.45, 7) is 0. The predicted octanol–water partition coefficient (Wildman–Crippen LogP) is 4.69. The Morgan fingerprint density at radius 2 is 1.82 bits per heavy atom. The minimum absolute atomic E-state index is 0.0266. The van der Waals surface area contributed by atoms with E-state index >= 15 is 0 Å². The Kier molecular flexibility index (Phi) is 5.10. The number of carbonyl (C=O) groups excluding carboxylic acids is 2. The molecule has 1 aliphatic rings. The molecule has 0 saturated carbocycles. The number of anilines is 1. The number of benzene rings is 2. The summed E-state index contributed by atoms with van der Waals surface area (Å²) in [5.41, 5.74) is 1.21. The van der Waals surface area contributed by atoms with Crippen LogP contribution < -0.4 is 14.4 Å². The fourth-order valence-corrected chi connectivity index (χ4v) is 4.82. The van der Waals surface area contributed by atoms with Crippen molar-refractivity contribution in [2.45, 2.75) is 6.04 Å². The summed E-state index contributed by atoms with van der Waals surface area (Å²) in [6, 6.07) is 14.5. The molecule has 1 aliphatic heterocycles. The number of nitrogens with zero attached hydrogens (tertiary/aromatic N) is 2. The number of ketones is 1. The Bertz CT molecular complexity index is 1390. The van der Waals surface area contributed by atoms with Gasteiger partial charge in [0.2, 0.25) is 5.78 Å². The lowest BCUT2D eigenvalue weighted by molar-refractivity contribution is -0.117. The first-order valence-corrected chi connectivity index (χ1v) is 10.8. The summed E-state index contributed by atoms with van der Waals surface area (Å²) < 4.78 is 16.6. The number of carbonyl (C=O) groups is 2. The maximum atomic E-state index is 13.3. The molecule has 0 bridgehead atoms. The normalized spacial score (nSPS) is 16.0. The van der Waals surface area contributed by atoms with E-state index in [0.717, 1.165) is 4.70 Å². The number of aromatic nitrogens is 1. The maximum Gasteiger partial charge on any atom is 0.296 e. The molecule has 9 heteroatoms. The molecule has 0 spiro atoms. The van der Waals surface area contributed by atoms with Crippen molar-refractivity contribution >= 4 is 38.4 Å². The quantitative estimate of drug-likeness (QED) is 0.415. The molecular formula is C24H18N2O6S. The van der Waals surface area contributed by atoms with Crippen LogP contribution in [0.1, 0.15) is 22.2 Å². The van der Waals surface area contributed by atoms with Gasteiger partial charge in [0.15, 0.2) is 16.7 Å². The summed E-state index contributed by atoms with van der Waals surface area (Å²) >= 11 is 1.26. The van der Waals surface area contributed by atoms with E-state index in [-0.39, 0.29) is 11.3 Å². The van der Waals surface area contributed by atoms with Gasteiger partial charge in [0.1, 0.15) is 11.5 Å². The van der Waals surface area contributed by atoms with Gasteiger partial charge < -0.3 is 19.0 Å². The molecule has 2 aromatic heterocycles. The van der Waals surface area contributed by atoms with Gasteiger partial charge >= 0.3 is 0 Å². The molecule has 1 amide bonds. The summed E-state index contributed by atoms with van der Waals surface area (Å²) in [5.74, 6) is -0.609. The number of hydrogen-bond donors (Lipinski definition) is 1. The van der Waals surface area contributed by atoms with Crippen molar-refractivity contribution in [3.05, 3.63) is 83.5 Å². The van der Waals surface area contributed by atoms with Gasteiger partial charge in [0, 0.05) is 0 Å². The molecule has 33 heavy (non-hydrogen) atoms. The average Bonchev–Trinajstić information content (AvgIpc) is 3.57. The third-order valence-corrected chi connectivity index (χ3v) is 6.44. The van der Waals surface area contributed by atoms with E-state index in [1.165, 1.54) is 28.6 Å². The highest BCUT2D eigenvalue weighted by atomic mass is 32.1. The van der Waals surface area contributed by atoms with Crippen LogP contribution in [0, 0.1) is 0 Å². The molecule has 4 aromatic rings. The van der Waals surface area contributed by atoms with E-state index in [4.69, 9.17) is 13.9 Å². The zero-order chi connectivity index (χ0) is 23.1. The zero-order valence-corrected chi connectivity index (χ0v) is 18.5. The third-order valence-electron chi connectivity index (χ3n) is 5.42. The zero-order valence-electron chi connectivity index (χ0n) is 17.6. The van der Waals surface area contributed by atoms with Crippen LogP contribution in [0.15, 0.2) is 76.6 Å². The Balaban J connectivity index is 1.66. The number of hydrogen-bond acceptors (Lipinski definition) is 8. The fraction of sp³-hybridized carbons (Fsp3) is 0.125. The minimum Gasteiger partial charge on any atom is -0.503 e. The standard InChI is InChI=1S/C24H18N2O6S/c1-30-14-7-5-13(6-8-14)20-19(21(27)17-4-3-11-32-17)22(28)23(29)26(20)24-25-16-10-9-15(31-2)12-18(16)33-24/h3-12,20,28H,1-2H3/t20-/m1/s1. The van der Waals surface area contributed by atoms with E-state index < -0.39 is 23.5 Å². The lowest BCUT2D eigenvalue weighted by atomic mass is 9.95. The van der Waals surface area contributed by atoms with Gasteiger partial charge in [-0.25, -0.2) is 4.98 Å². The summed E-state index contributed by atoms with van der Waals surface area (Å²) in [5, 5.41) is 11.2. The minimum atomic E-state index is -0.900. The molecule has 1 N–H and O–H groups in total. The van der Waals surface area contributed by atoms with Gasteiger partial charge in [-0.1, -0.05) is 23.5 Å². The molecule has 1 atom stereocenters. The van der Waals surface area contributed by atoms with Crippen molar-refractivity contribution in [3.8, 4) is 11.5 Å². The predicted molar refractivity (Wildman–Crippen MR) is 122 cm³/mol. The van der Waals surface area contributed by atoms with Crippen LogP contribution in [0.4, 0.5) is 5.13 Å². The first-order chi connectivity index (χ1) is 16.0. The topological polar surface area (TPSA) is 102 Å². The van der Waals surface area contributed by atoms with E-state index in [1.807, 2.05) is 6.07 Å². The molecule has 0 saturated heterocycles. The first kappa shape index (κ1) is 20.8. The Morgan fingerprint density at radius 1 is 1.09 bits per heavy atom. The number of ether oxygens (including phenoxy) is 2. The second-order valence-corrected chi connectivity index (χ2v) is 8.26. The third kappa shape index (κ3) is 3.42. The molecule has 8 nitrogen and oxygen atoms in total. The van der Waals surface area contributed by atoms with Gasteiger partial charge in [-0.3, -0.25) is 14.5 Å². The van der Waals surface area contributed by atoms with Gasteiger partial charge in [0.05, 0.1) is 42.3 Å². The molecule has 166 valence electrons. The second-order valence-electron chi connectivity index (χ2n) is 7.25. The Labute approximate surface area is 192 Å². The number of methoxy groups -OCH3 is 2. The summed E-state index contributed by atoms with van der Waals surface area (Å²) in [4.78, 5) is 32.4. The molecule has 2 aromatic carbocycles. The van der Waals surface area contributed by atoms with Gasteiger partial charge in [-0.05, 0) is 48.0 Å². The lowest BCUT2D eigenvalue weighted by Crippen LogP contribution is -2.30. The molecular weight excluding hydrogens is 444 g/mol. The van der Waals surface area contributed by atoms with Crippen LogP contribution >= 0.6 is 11.3 Å². The maximum absolute atomic E-state index is 13.3. The molecule has 5 rings (SSSR count). The monoisotopic (exact) mass is 462 g/mol. The number of thiazole rings is 1. The van der Waals surface area contributed by atoms with Crippen LogP contribution in [0.25, 0.3) is 10.2 Å². The molecule has 3 heterocycles. The largest absolute Gasteiger partial charge is 0.503 e. The lowest BCUT2D eigenvalue weighted by Gasteiger charge is -2.24. The van der Waals surface area contributed by atoms with Crippen molar-refractivity contribution < 1.29 is 28.6 Å². The smallest absolute Gasteiger partial charge is 0.296 e. The highest BCUT2D eigenvalue weighted by Crippen LogP contribution is 2.44. The molecule has 0 radical (unpaired) electrons. The van der Waals surface area contributed by atoms with Crippen LogP contribution in [-0.2, 0) is 4.79 Å². The van der Waals surface area contributed by atoms with Crippen molar-refractivity contribution in [2.24, 2.45) is 0 Å². The Hall–Kier alpha value is -4.11. The van der Waals surface area contributed by atoms with E-state index in [2.05, 4.69) is 4.98 Å². The van der Waals surface area contributed by atoms with Crippen LogP contribution in [0.3, 0.4) is 0 Å². The molecule has 0 unspecified atom stereocenters. The van der Waals surface area contributed by atoms with Gasteiger partial charge in [-0.15, -0.1) is 0 Å². The highest BCUT2D eigenvalue weighted by molar-refractivity contribution is 7.22. The number of aliphatic hydroxyl groups excluding tert-OH is 1. The highest BCUT2D eigenvalue weighted by Gasteiger charge is 2.46. The molecule has 0 fully saturated rings. The molecule has 0 aliphatic carbocycles. The van der Waals surface area contributed by atoms with E-state index in [9.17, 15) is 14.7 Å². The van der Waals surface area contributed by atoms with Crippen molar-refractivity contribution in [1.82, 2.24) is 4.98 Å². The number of fused-ring (bicyclic) bond motifs is 1. The van der Waals surface area contributed by atoms with Crippen LogP contribution in [-0.4, -0.2) is 36.0 Å². The van der Waals surface area contributed by atoms with Crippen molar-refractivity contribution in [3.63, 3.8) is 0 Å². The van der Waals surface area contributed by atoms with E-state index in [0.29, 0.717) is 27.7 Å². The fourth-order valence-electron chi connectivity index (χ4n) is 3.80. The van der Waals surface area contributed by atoms with Gasteiger partial charge in [-0.2, -0.15) is 0 Å². The second kappa shape index (κ2) is 8.10. The average molecular weight is 462 g/mol. The van der Waals surface area contributed by atoms with Crippen LogP contribution in [0.2, 0.25) is 0 Å². The summed E-state index contributed by atoms with van der Waals surface area (Å²) in [6.07, 6.45) is 1.36. The number of Topliss-reactive ketones (excluding diaryl/α,β-unsaturated/α-hetero) is 1. The van der Waals surface area contributed by atoms with Gasteiger partial charge in [0.25, 0.3) is 5.91 Å². The number of furan rings is 1. The first-order valence-electron chi connectivity index (χ1n) is 9.95. The summed E-state index contributed by atoms with van der Waals surface area (Å²) in [7, 11) is 3.12. The number of aliphatic hydroxyl groups is 1. The van der Waals surface area contributed by atoms with Crippen LogP contribution in [0.5, 0.6) is 11.5 Å². The van der Waals surface area contributed by atoms with Crippen molar-refractivity contribution in [2.75, 3.05) is 19.1 Å². The van der Waals surface area contributed by atoms with E-state index in [1.54, 1.807) is 56.7 Å². The van der Waals surface area contributed by atoms with Crippen molar-refractivity contribution in [1.29, 1.82) is 0 Å². The number of amides is 1.